The molecule has 1 N–H and O–H groups in total. The highest BCUT2D eigenvalue weighted by Gasteiger charge is 1.95. The van der Waals surface area contributed by atoms with Crippen LogP contribution in [0.25, 0.3) is 0 Å². The van der Waals surface area contributed by atoms with Crippen LogP contribution in [0.5, 0.6) is 0 Å². The van der Waals surface area contributed by atoms with Crippen molar-refractivity contribution in [2.75, 3.05) is 20.3 Å². The third-order valence-corrected chi connectivity index (χ3v) is 1.03. The average Bonchev–Trinajstić information content (AvgIpc) is 1.85. The van der Waals surface area contributed by atoms with E-state index in [9.17, 15) is 0 Å². The van der Waals surface area contributed by atoms with Crippen molar-refractivity contribution in [3.05, 3.63) is 12.7 Å². The molecule has 2 nitrogen and oxygen atoms in total. The summed E-state index contributed by atoms with van der Waals surface area (Å²) in [7, 11) is 1.70. The SMILES string of the molecule is C=CCN[C@H](C)COC. The van der Waals surface area contributed by atoms with Crippen molar-refractivity contribution in [1.29, 1.82) is 0 Å². The Kier molecular flexibility index (Phi) is 5.57. The second-order valence-corrected chi connectivity index (χ2v) is 2.05. The summed E-state index contributed by atoms with van der Waals surface area (Å²) >= 11 is 0. The van der Waals surface area contributed by atoms with E-state index in [1.54, 1.807) is 7.11 Å². The van der Waals surface area contributed by atoms with Gasteiger partial charge in [-0.2, -0.15) is 0 Å². The van der Waals surface area contributed by atoms with Gasteiger partial charge >= 0.3 is 0 Å². The topological polar surface area (TPSA) is 21.3 Å². The second kappa shape index (κ2) is 5.79. The number of methoxy groups -OCH3 is 1. The fourth-order valence-corrected chi connectivity index (χ4v) is 0.593. The van der Waals surface area contributed by atoms with E-state index in [-0.39, 0.29) is 0 Å². The first kappa shape index (κ1) is 8.66. The number of rotatable bonds is 5. The molecule has 0 bridgehead atoms. The Hall–Kier alpha value is -0.340. The highest BCUT2D eigenvalue weighted by Crippen LogP contribution is 1.79. The van der Waals surface area contributed by atoms with Crippen molar-refractivity contribution in [3.8, 4) is 0 Å². The molecular weight excluding hydrogens is 114 g/mol. The van der Waals surface area contributed by atoms with E-state index in [1.807, 2.05) is 6.08 Å². The Morgan fingerprint density at radius 2 is 2.44 bits per heavy atom. The zero-order valence-corrected chi connectivity index (χ0v) is 6.18. The lowest BCUT2D eigenvalue weighted by Crippen LogP contribution is -2.29. The summed E-state index contributed by atoms with van der Waals surface area (Å²) in [6.07, 6.45) is 1.84. The van der Waals surface area contributed by atoms with E-state index in [2.05, 4.69) is 18.8 Å². The van der Waals surface area contributed by atoms with Crippen LogP contribution in [0.1, 0.15) is 6.92 Å². The second-order valence-electron chi connectivity index (χ2n) is 2.05. The van der Waals surface area contributed by atoms with Gasteiger partial charge in [-0.1, -0.05) is 6.08 Å². The van der Waals surface area contributed by atoms with Gasteiger partial charge < -0.3 is 10.1 Å². The molecule has 0 aliphatic carbocycles. The third kappa shape index (κ3) is 5.53. The zero-order valence-electron chi connectivity index (χ0n) is 6.18. The molecule has 2 heteroatoms. The fourth-order valence-electron chi connectivity index (χ4n) is 0.593. The van der Waals surface area contributed by atoms with Crippen LogP contribution in [0, 0.1) is 0 Å². The van der Waals surface area contributed by atoms with Gasteiger partial charge in [0.05, 0.1) is 6.61 Å². The predicted molar refractivity (Wildman–Crippen MR) is 39.5 cm³/mol. The van der Waals surface area contributed by atoms with E-state index in [0.29, 0.717) is 6.04 Å². The first-order valence-corrected chi connectivity index (χ1v) is 3.14. The van der Waals surface area contributed by atoms with Crippen LogP contribution < -0.4 is 5.32 Å². The van der Waals surface area contributed by atoms with E-state index in [0.717, 1.165) is 13.2 Å². The van der Waals surface area contributed by atoms with Crippen molar-refractivity contribution < 1.29 is 4.74 Å². The minimum atomic E-state index is 0.424. The first-order chi connectivity index (χ1) is 4.31. The van der Waals surface area contributed by atoms with Crippen LogP contribution in [0.15, 0.2) is 12.7 Å². The number of hydrogen-bond acceptors (Lipinski definition) is 2. The Bertz CT molecular complexity index is 73.3. The Balaban J connectivity index is 3.04. The van der Waals surface area contributed by atoms with Gasteiger partial charge in [0.1, 0.15) is 0 Å². The Morgan fingerprint density at radius 1 is 1.78 bits per heavy atom. The zero-order chi connectivity index (χ0) is 7.11. The number of ether oxygens (including phenoxy) is 1. The lowest BCUT2D eigenvalue weighted by atomic mass is 10.3. The normalized spacial score (nSPS) is 13.1. The van der Waals surface area contributed by atoms with Crippen LogP contribution in [-0.4, -0.2) is 26.3 Å². The van der Waals surface area contributed by atoms with E-state index in [4.69, 9.17) is 4.74 Å². The molecule has 0 aromatic rings. The molecule has 9 heavy (non-hydrogen) atoms. The molecular formula is C7H15NO. The highest BCUT2D eigenvalue weighted by atomic mass is 16.5. The lowest BCUT2D eigenvalue weighted by Gasteiger charge is -2.09. The molecule has 0 heterocycles. The van der Waals surface area contributed by atoms with Gasteiger partial charge in [0, 0.05) is 19.7 Å². The molecule has 0 unspecified atom stereocenters. The first-order valence-electron chi connectivity index (χ1n) is 3.14. The summed E-state index contributed by atoms with van der Waals surface area (Å²) in [6.45, 7) is 7.28. The van der Waals surface area contributed by atoms with Crippen LogP contribution >= 0.6 is 0 Å². The van der Waals surface area contributed by atoms with Gasteiger partial charge in [-0.25, -0.2) is 0 Å². The van der Waals surface area contributed by atoms with Gasteiger partial charge in [0.2, 0.25) is 0 Å². The molecule has 0 aliphatic heterocycles. The van der Waals surface area contributed by atoms with Crippen molar-refractivity contribution >= 4 is 0 Å². The Labute approximate surface area is 56.9 Å². The van der Waals surface area contributed by atoms with Crippen molar-refractivity contribution in [2.45, 2.75) is 13.0 Å². The maximum absolute atomic E-state index is 4.90. The summed E-state index contributed by atoms with van der Waals surface area (Å²) in [4.78, 5) is 0. The number of hydrogen-bond donors (Lipinski definition) is 1. The minimum absolute atomic E-state index is 0.424. The van der Waals surface area contributed by atoms with E-state index >= 15 is 0 Å². The fraction of sp³-hybridized carbons (Fsp3) is 0.714. The van der Waals surface area contributed by atoms with E-state index < -0.39 is 0 Å². The molecule has 1 atom stereocenters. The summed E-state index contributed by atoms with van der Waals surface area (Å²) in [5, 5.41) is 3.19. The van der Waals surface area contributed by atoms with Gasteiger partial charge in [0.15, 0.2) is 0 Å². The van der Waals surface area contributed by atoms with E-state index in [1.165, 1.54) is 0 Å². The van der Waals surface area contributed by atoms with Gasteiger partial charge in [0.25, 0.3) is 0 Å². The summed E-state index contributed by atoms with van der Waals surface area (Å²) < 4.78 is 4.90. The lowest BCUT2D eigenvalue weighted by molar-refractivity contribution is 0.174. The van der Waals surface area contributed by atoms with Crippen molar-refractivity contribution in [2.24, 2.45) is 0 Å². The molecule has 0 saturated heterocycles. The van der Waals surface area contributed by atoms with Crippen LogP contribution in [0.4, 0.5) is 0 Å². The van der Waals surface area contributed by atoms with Gasteiger partial charge in [-0.05, 0) is 6.92 Å². The van der Waals surface area contributed by atoms with Crippen LogP contribution in [-0.2, 0) is 4.74 Å². The third-order valence-electron chi connectivity index (χ3n) is 1.03. The summed E-state index contributed by atoms with van der Waals surface area (Å²) in [5.41, 5.74) is 0. The molecule has 0 saturated carbocycles. The van der Waals surface area contributed by atoms with Gasteiger partial charge in [-0.3, -0.25) is 0 Å². The maximum atomic E-state index is 4.90. The molecule has 0 fully saturated rings. The molecule has 0 aromatic carbocycles. The molecule has 0 aliphatic rings. The van der Waals surface area contributed by atoms with Crippen LogP contribution in [0.3, 0.4) is 0 Å². The largest absolute Gasteiger partial charge is 0.383 e. The molecule has 0 spiro atoms. The smallest absolute Gasteiger partial charge is 0.0613 e. The minimum Gasteiger partial charge on any atom is -0.383 e. The predicted octanol–water partition coefficient (Wildman–Crippen LogP) is 0.797. The monoisotopic (exact) mass is 129 g/mol. The van der Waals surface area contributed by atoms with Crippen molar-refractivity contribution in [1.82, 2.24) is 5.32 Å². The standard InChI is InChI=1S/C7H15NO/c1-4-5-8-7(2)6-9-3/h4,7-8H,1,5-6H2,2-3H3/t7-/m1/s1. The maximum Gasteiger partial charge on any atom is 0.0613 e. The molecule has 0 aromatic heterocycles. The molecule has 54 valence electrons. The molecule has 0 radical (unpaired) electrons. The highest BCUT2D eigenvalue weighted by molar-refractivity contribution is 4.72. The molecule has 0 amide bonds. The Morgan fingerprint density at radius 3 is 2.89 bits per heavy atom. The average molecular weight is 129 g/mol. The quantitative estimate of drug-likeness (QED) is 0.554. The van der Waals surface area contributed by atoms with Crippen molar-refractivity contribution in [3.63, 3.8) is 0 Å². The summed E-state index contributed by atoms with van der Waals surface area (Å²) in [5.74, 6) is 0. The summed E-state index contributed by atoms with van der Waals surface area (Å²) in [6, 6.07) is 0.424. The number of nitrogens with one attached hydrogen (secondary N) is 1. The van der Waals surface area contributed by atoms with Gasteiger partial charge in [-0.15, -0.1) is 6.58 Å². The van der Waals surface area contributed by atoms with Crippen LogP contribution in [0.2, 0.25) is 0 Å². The molecule has 0 rings (SSSR count).